The Morgan fingerprint density at radius 2 is 1.89 bits per heavy atom. The third kappa shape index (κ3) is 4.92. The molecule has 1 aromatic carbocycles. The molecular weight excluding hydrogens is 372 g/mol. The van der Waals surface area contributed by atoms with Crippen LogP contribution in [0.5, 0.6) is 0 Å². The van der Waals surface area contributed by atoms with Crippen LogP contribution in [0.1, 0.15) is 17.7 Å². The van der Waals surface area contributed by atoms with Crippen molar-refractivity contribution < 1.29 is 22.5 Å². The molecule has 4 N–H and O–H groups in total. The number of amides is 2. The summed E-state index contributed by atoms with van der Waals surface area (Å²) in [5, 5.41) is 14.2. The van der Waals surface area contributed by atoms with Gasteiger partial charge in [0.1, 0.15) is 5.76 Å². The highest BCUT2D eigenvalue weighted by Gasteiger charge is 2.48. The van der Waals surface area contributed by atoms with Crippen LogP contribution in [0.4, 0.5) is 5.82 Å². The molecule has 1 saturated carbocycles. The SMILES string of the molecule is Cc1cc(NC(=O)C2CC2C(=O)NCCc2ccc(S(N)(=O)=O)cc2)no1. The van der Waals surface area contributed by atoms with Gasteiger partial charge in [-0.2, -0.15) is 0 Å². The third-order valence-electron chi connectivity index (χ3n) is 4.31. The number of nitrogens with zero attached hydrogens (tertiary/aromatic N) is 1. The molecular formula is C17H20N4O5S. The summed E-state index contributed by atoms with van der Waals surface area (Å²) < 4.78 is 27.3. The van der Waals surface area contributed by atoms with Crippen molar-refractivity contribution in [2.24, 2.45) is 17.0 Å². The van der Waals surface area contributed by atoms with E-state index in [1.54, 1.807) is 25.1 Å². The first-order valence-electron chi connectivity index (χ1n) is 8.37. The summed E-state index contributed by atoms with van der Waals surface area (Å²) in [6.45, 7) is 2.11. The predicted molar refractivity (Wildman–Crippen MR) is 96.0 cm³/mol. The number of aryl methyl sites for hydroxylation is 1. The standard InChI is InChI=1S/C17H20N4O5S/c1-10-8-15(21-26-10)20-17(23)14-9-13(14)16(22)19-7-6-11-2-4-12(5-3-11)27(18,24)25/h2-5,8,13-14H,6-7,9H2,1H3,(H,19,22)(H2,18,24,25)(H,20,21,23). The van der Waals surface area contributed by atoms with E-state index in [1.807, 2.05) is 0 Å². The highest BCUT2D eigenvalue weighted by Crippen LogP contribution is 2.39. The first kappa shape index (κ1) is 19.1. The van der Waals surface area contributed by atoms with E-state index in [4.69, 9.17) is 9.66 Å². The average molecular weight is 392 g/mol. The van der Waals surface area contributed by atoms with Gasteiger partial charge >= 0.3 is 0 Å². The van der Waals surface area contributed by atoms with E-state index >= 15 is 0 Å². The number of nitrogens with two attached hydrogens (primary N) is 1. The second kappa shape index (κ2) is 7.49. The molecule has 0 bridgehead atoms. The van der Waals surface area contributed by atoms with Gasteiger partial charge < -0.3 is 15.2 Å². The number of hydrogen-bond donors (Lipinski definition) is 3. The van der Waals surface area contributed by atoms with Crippen molar-refractivity contribution in [1.82, 2.24) is 10.5 Å². The van der Waals surface area contributed by atoms with Gasteiger partial charge in [-0.05, 0) is 37.5 Å². The molecule has 1 heterocycles. The van der Waals surface area contributed by atoms with Crippen molar-refractivity contribution in [3.05, 3.63) is 41.7 Å². The third-order valence-corrected chi connectivity index (χ3v) is 5.24. The van der Waals surface area contributed by atoms with Crippen LogP contribution in [0.15, 0.2) is 39.8 Å². The number of carbonyl (C=O) groups excluding carboxylic acids is 2. The number of sulfonamides is 1. The lowest BCUT2D eigenvalue weighted by molar-refractivity contribution is -0.125. The molecule has 0 saturated heterocycles. The van der Waals surface area contributed by atoms with Crippen molar-refractivity contribution in [3.63, 3.8) is 0 Å². The van der Waals surface area contributed by atoms with E-state index in [9.17, 15) is 18.0 Å². The lowest BCUT2D eigenvalue weighted by atomic mass is 10.1. The zero-order valence-corrected chi connectivity index (χ0v) is 15.5. The summed E-state index contributed by atoms with van der Waals surface area (Å²) in [5.41, 5.74) is 0.870. The van der Waals surface area contributed by atoms with Crippen LogP contribution in [-0.2, 0) is 26.0 Å². The fourth-order valence-corrected chi connectivity index (χ4v) is 3.24. The van der Waals surface area contributed by atoms with Crippen LogP contribution in [0, 0.1) is 18.8 Å². The smallest absolute Gasteiger partial charge is 0.238 e. The highest BCUT2D eigenvalue weighted by atomic mass is 32.2. The Balaban J connectivity index is 1.42. The van der Waals surface area contributed by atoms with E-state index < -0.39 is 10.0 Å². The van der Waals surface area contributed by atoms with E-state index in [1.165, 1.54) is 12.1 Å². The molecule has 0 aliphatic heterocycles. The van der Waals surface area contributed by atoms with E-state index in [0.717, 1.165) is 5.56 Å². The lowest BCUT2D eigenvalue weighted by Gasteiger charge is -2.06. The summed E-state index contributed by atoms with van der Waals surface area (Å²) in [6.07, 6.45) is 1.04. The minimum Gasteiger partial charge on any atom is -0.360 e. The molecule has 1 aliphatic carbocycles. The lowest BCUT2D eigenvalue weighted by Crippen LogP contribution is -2.29. The van der Waals surface area contributed by atoms with Crippen LogP contribution in [-0.4, -0.2) is 31.9 Å². The monoisotopic (exact) mass is 392 g/mol. The topological polar surface area (TPSA) is 144 Å². The first-order valence-corrected chi connectivity index (χ1v) is 9.92. The number of benzene rings is 1. The molecule has 3 rings (SSSR count). The number of anilines is 1. The predicted octanol–water partition coefficient (Wildman–Crippen LogP) is 0.564. The van der Waals surface area contributed by atoms with Crippen LogP contribution >= 0.6 is 0 Å². The summed E-state index contributed by atoms with van der Waals surface area (Å²) in [7, 11) is -3.71. The Morgan fingerprint density at radius 3 is 2.48 bits per heavy atom. The molecule has 0 spiro atoms. The number of primary sulfonamides is 1. The van der Waals surface area contributed by atoms with Crippen molar-refractivity contribution in [2.45, 2.75) is 24.7 Å². The second-order valence-corrected chi connectivity index (χ2v) is 8.05. The maximum absolute atomic E-state index is 12.1. The van der Waals surface area contributed by atoms with Crippen molar-refractivity contribution in [3.8, 4) is 0 Å². The molecule has 2 aromatic rings. The van der Waals surface area contributed by atoms with Gasteiger partial charge in [0, 0.05) is 12.6 Å². The molecule has 2 unspecified atom stereocenters. The van der Waals surface area contributed by atoms with Crippen LogP contribution < -0.4 is 15.8 Å². The molecule has 144 valence electrons. The van der Waals surface area contributed by atoms with Gasteiger partial charge in [-0.1, -0.05) is 17.3 Å². The Hall–Kier alpha value is -2.72. The van der Waals surface area contributed by atoms with Gasteiger partial charge in [0.2, 0.25) is 21.8 Å². The molecule has 10 heteroatoms. The largest absolute Gasteiger partial charge is 0.360 e. The van der Waals surface area contributed by atoms with Gasteiger partial charge in [0.15, 0.2) is 5.82 Å². The Labute approximate surface area is 156 Å². The molecule has 2 amide bonds. The van der Waals surface area contributed by atoms with Crippen molar-refractivity contribution in [1.29, 1.82) is 0 Å². The zero-order chi connectivity index (χ0) is 19.6. The summed E-state index contributed by atoms with van der Waals surface area (Å²) in [6, 6.07) is 7.77. The Bertz CT molecular complexity index is 952. The van der Waals surface area contributed by atoms with E-state index in [0.29, 0.717) is 31.0 Å². The molecule has 1 aromatic heterocycles. The number of nitrogens with one attached hydrogen (secondary N) is 2. The number of carbonyl (C=O) groups is 2. The maximum atomic E-state index is 12.1. The Morgan fingerprint density at radius 1 is 1.22 bits per heavy atom. The van der Waals surface area contributed by atoms with Crippen molar-refractivity contribution in [2.75, 3.05) is 11.9 Å². The maximum Gasteiger partial charge on any atom is 0.238 e. The Kier molecular flexibility index (Phi) is 5.29. The van der Waals surface area contributed by atoms with E-state index in [-0.39, 0.29) is 28.5 Å². The molecule has 1 aliphatic rings. The summed E-state index contributed by atoms with van der Waals surface area (Å²) in [4.78, 5) is 24.3. The second-order valence-electron chi connectivity index (χ2n) is 6.49. The highest BCUT2D eigenvalue weighted by molar-refractivity contribution is 7.89. The van der Waals surface area contributed by atoms with Crippen LogP contribution in [0.3, 0.4) is 0 Å². The fraction of sp³-hybridized carbons (Fsp3) is 0.353. The summed E-state index contributed by atoms with van der Waals surface area (Å²) in [5.74, 6) is -0.201. The minimum atomic E-state index is -3.71. The van der Waals surface area contributed by atoms with Crippen LogP contribution in [0.2, 0.25) is 0 Å². The van der Waals surface area contributed by atoms with Gasteiger partial charge in [0.05, 0.1) is 16.7 Å². The number of rotatable bonds is 7. The summed E-state index contributed by atoms with van der Waals surface area (Å²) >= 11 is 0. The van der Waals surface area contributed by atoms with Gasteiger partial charge in [-0.3, -0.25) is 9.59 Å². The molecule has 27 heavy (non-hydrogen) atoms. The molecule has 2 atom stereocenters. The number of hydrogen-bond acceptors (Lipinski definition) is 6. The fourth-order valence-electron chi connectivity index (χ4n) is 2.73. The zero-order valence-electron chi connectivity index (χ0n) is 14.6. The van der Waals surface area contributed by atoms with Gasteiger partial charge in [0.25, 0.3) is 0 Å². The molecule has 0 radical (unpaired) electrons. The number of aromatic nitrogens is 1. The average Bonchev–Trinajstić information content (AvgIpc) is 3.31. The van der Waals surface area contributed by atoms with Gasteiger partial charge in [-0.25, -0.2) is 13.6 Å². The molecule has 1 fully saturated rings. The van der Waals surface area contributed by atoms with Crippen molar-refractivity contribution >= 4 is 27.7 Å². The molecule has 9 nitrogen and oxygen atoms in total. The van der Waals surface area contributed by atoms with E-state index in [2.05, 4.69) is 15.8 Å². The quantitative estimate of drug-likeness (QED) is 0.628. The van der Waals surface area contributed by atoms with Gasteiger partial charge in [-0.15, -0.1) is 0 Å². The minimum absolute atomic E-state index is 0.0458. The van der Waals surface area contributed by atoms with Crippen LogP contribution in [0.25, 0.3) is 0 Å². The first-order chi connectivity index (χ1) is 12.7. The normalized spacial score (nSPS) is 18.7.